The second-order valence-electron chi connectivity index (χ2n) is 3.54. The Morgan fingerprint density at radius 1 is 1.41 bits per heavy atom. The molecule has 0 atom stereocenters. The number of carbonyl (C=O) groups excluding carboxylic acids is 1. The van der Waals surface area contributed by atoms with E-state index in [9.17, 15) is 4.79 Å². The van der Waals surface area contributed by atoms with Crippen LogP contribution in [-0.2, 0) is 6.54 Å². The highest BCUT2D eigenvalue weighted by molar-refractivity contribution is 7.07. The SMILES string of the molecule is NC(=O)c1cc(NCc2ccsc2)ccc1Cl. The van der Waals surface area contributed by atoms with Crippen LogP contribution >= 0.6 is 22.9 Å². The Morgan fingerprint density at radius 2 is 2.24 bits per heavy atom. The van der Waals surface area contributed by atoms with Crippen molar-refractivity contribution >= 4 is 34.5 Å². The molecule has 0 aliphatic carbocycles. The molecule has 1 aromatic carbocycles. The monoisotopic (exact) mass is 266 g/mol. The van der Waals surface area contributed by atoms with E-state index in [1.54, 1.807) is 23.5 Å². The molecule has 5 heteroatoms. The van der Waals surface area contributed by atoms with Gasteiger partial charge in [0.05, 0.1) is 10.6 Å². The molecule has 1 aromatic heterocycles. The first-order chi connectivity index (χ1) is 8.16. The Balaban J connectivity index is 2.11. The maximum Gasteiger partial charge on any atom is 0.250 e. The van der Waals surface area contributed by atoms with Crippen LogP contribution in [0.5, 0.6) is 0 Å². The number of nitrogens with two attached hydrogens (primary N) is 1. The molecule has 3 N–H and O–H groups in total. The largest absolute Gasteiger partial charge is 0.381 e. The summed E-state index contributed by atoms with van der Waals surface area (Å²) in [5.74, 6) is -0.519. The van der Waals surface area contributed by atoms with Crippen molar-refractivity contribution in [3.05, 3.63) is 51.2 Å². The quantitative estimate of drug-likeness (QED) is 0.893. The number of benzene rings is 1. The number of amides is 1. The number of thiophene rings is 1. The Morgan fingerprint density at radius 3 is 2.88 bits per heavy atom. The molecule has 0 spiro atoms. The van der Waals surface area contributed by atoms with Crippen molar-refractivity contribution < 1.29 is 4.79 Å². The average molecular weight is 267 g/mol. The van der Waals surface area contributed by atoms with Crippen LogP contribution in [0.1, 0.15) is 15.9 Å². The van der Waals surface area contributed by atoms with Gasteiger partial charge in [0.15, 0.2) is 0 Å². The van der Waals surface area contributed by atoms with Crippen LogP contribution < -0.4 is 11.1 Å². The first kappa shape index (κ1) is 12.0. The lowest BCUT2D eigenvalue weighted by Crippen LogP contribution is -2.12. The van der Waals surface area contributed by atoms with Crippen LogP contribution in [0.15, 0.2) is 35.0 Å². The molecule has 0 aliphatic heterocycles. The molecule has 2 aromatic rings. The third kappa shape index (κ3) is 2.99. The van der Waals surface area contributed by atoms with E-state index in [0.717, 1.165) is 5.69 Å². The highest BCUT2D eigenvalue weighted by Gasteiger charge is 2.07. The van der Waals surface area contributed by atoms with Gasteiger partial charge in [-0.15, -0.1) is 0 Å². The van der Waals surface area contributed by atoms with Crippen molar-refractivity contribution in [2.24, 2.45) is 5.73 Å². The van der Waals surface area contributed by atoms with Gasteiger partial charge in [0, 0.05) is 12.2 Å². The van der Waals surface area contributed by atoms with Gasteiger partial charge in [-0.25, -0.2) is 0 Å². The molecule has 1 heterocycles. The number of carbonyl (C=O) groups is 1. The maximum atomic E-state index is 11.1. The third-order valence-corrected chi connectivity index (χ3v) is 3.37. The fourth-order valence-corrected chi connectivity index (χ4v) is 2.30. The minimum absolute atomic E-state index is 0.335. The van der Waals surface area contributed by atoms with Gasteiger partial charge in [-0.2, -0.15) is 11.3 Å². The zero-order valence-corrected chi connectivity index (χ0v) is 10.5. The average Bonchev–Trinajstić information content (AvgIpc) is 2.80. The summed E-state index contributed by atoms with van der Waals surface area (Å²) in [5, 5.41) is 7.67. The van der Waals surface area contributed by atoms with Gasteiger partial charge in [-0.3, -0.25) is 4.79 Å². The fourth-order valence-electron chi connectivity index (χ4n) is 1.42. The van der Waals surface area contributed by atoms with Crippen molar-refractivity contribution in [2.75, 3.05) is 5.32 Å². The number of rotatable bonds is 4. The zero-order valence-electron chi connectivity index (χ0n) is 8.94. The Kier molecular flexibility index (Phi) is 3.66. The second-order valence-corrected chi connectivity index (χ2v) is 4.73. The molecular weight excluding hydrogens is 256 g/mol. The van der Waals surface area contributed by atoms with Gasteiger partial charge in [0.2, 0.25) is 5.91 Å². The smallest absolute Gasteiger partial charge is 0.250 e. The lowest BCUT2D eigenvalue weighted by Gasteiger charge is -2.07. The number of primary amides is 1. The van der Waals surface area contributed by atoms with Crippen molar-refractivity contribution in [3.8, 4) is 0 Å². The highest BCUT2D eigenvalue weighted by Crippen LogP contribution is 2.20. The normalized spacial score (nSPS) is 10.2. The summed E-state index contributed by atoms with van der Waals surface area (Å²) >= 11 is 7.51. The van der Waals surface area contributed by atoms with Gasteiger partial charge < -0.3 is 11.1 Å². The minimum atomic E-state index is -0.519. The molecule has 0 aliphatic rings. The lowest BCUT2D eigenvalue weighted by molar-refractivity contribution is 0.100. The molecule has 2 rings (SSSR count). The summed E-state index contributed by atoms with van der Waals surface area (Å²) in [6, 6.07) is 7.19. The fraction of sp³-hybridized carbons (Fsp3) is 0.0833. The molecule has 3 nitrogen and oxygen atoms in total. The summed E-state index contributed by atoms with van der Waals surface area (Å²) in [7, 11) is 0. The van der Waals surface area contributed by atoms with Gasteiger partial charge in [0.1, 0.15) is 0 Å². The summed E-state index contributed by atoms with van der Waals surface area (Å²) < 4.78 is 0. The van der Waals surface area contributed by atoms with E-state index in [4.69, 9.17) is 17.3 Å². The topological polar surface area (TPSA) is 55.1 Å². The predicted octanol–water partition coefficient (Wildman–Crippen LogP) is 3.11. The Hall–Kier alpha value is -1.52. The second kappa shape index (κ2) is 5.21. The minimum Gasteiger partial charge on any atom is -0.381 e. The van der Waals surface area contributed by atoms with E-state index in [0.29, 0.717) is 17.1 Å². The first-order valence-corrected chi connectivity index (χ1v) is 6.33. The van der Waals surface area contributed by atoms with E-state index in [1.165, 1.54) is 5.56 Å². The van der Waals surface area contributed by atoms with Crippen LogP contribution in [-0.4, -0.2) is 5.91 Å². The van der Waals surface area contributed by atoms with E-state index >= 15 is 0 Å². The number of hydrogen-bond donors (Lipinski definition) is 2. The first-order valence-electron chi connectivity index (χ1n) is 5.01. The van der Waals surface area contributed by atoms with Crippen LogP contribution in [0.4, 0.5) is 5.69 Å². The van der Waals surface area contributed by atoms with E-state index in [-0.39, 0.29) is 0 Å². The van der Waals surface area contributed by atoms with Gasteiger partial charge >= 0.3 is 0 Å². The maximum absolute atomic E-state index is 11.1. The molecule has 88 valence electrons. The number of hydrogen-bond acceptors (Lipinski definition) is 3. The van der Waals surface area contributed by atoms with Crippen LogP contribution in [0.25, 0.3) is 0 Å². The van der Waals surface area contributed by atoms with E-state index < -0.39 is 5.91 Å². The van der Waals surface area contributed by atoms with Crippen LogP contribution in [0, 0.1) is 0 Å². The van der Waals surface area contributed by atoms with Crippen LogP contribution in [0.3, 0.4) is 0 Å². The third-order valence-electron chi connectivity index (χ3n) is 2.31. The van der Waals surface area contributed by atoms with Crippen molar-refractivity contribution in [1.29, 1.82) is 0 Å². The summed E-state index contributed by atoms with van der Waals surface area (Å²) in [4.78, 5) is 11.1. The summed E-state index contributed by atoms with van der Waals surface area (Å²) in [5.41, 5.74) is 7.59. The molecule has 1 amide bonds. The van der Waals surface area contributed by atoms with Crippen LogP contribution in [0.2, 0.25) is 5.02 Å². The summed E-state index contributed by atoms with van der Waals surface area (Å²) in [6.07, 6.45) is 0. The molecule has 0 unspecified atom stereocenters. The molecular formula is C12H11ClN2OS. The zero-order chi connectivity index (χ0) is 12.3. The lowest BCUT2D eigenvalue weighted by atomic mass is 10.2. The van der Waals surface area contributed by atoms with E-state index in [2.05, 4.69) is 10.7 Å². The van der Waals surface area contributed by atoms with E-state index in [1.807, 2.05) is 17.5 Å². The van der Waals surface area contributed by atoms with Crippen molar-refractivity contribution in [3.63, 3.8) is 0 Å². The number of halogens is 1. The van der Waals surface area contributed by atoms with Crippen molar-refractivity contribution in [2.45, 2.75) is 6.54 Å². The van der Waals surface area contributed by atoms with Gasteiger partial charge in [-0.1, -0.05) is 11.6 Å². The standard InChI is InChI=1S/C12H11ClN2OS/c13-11-2-1-9(5-10(11)12(14)16)15-6-8-3-4-17-7-8/h1-5,7,15H,6H2,(H2,14,16). The molecule has 0 saturated carbocycles. The molecule has 0 fully saturated rings. The van der Waals surface area contributed by atoms with Crippen molar-refractivity contribution in [1.82, 2.24) is 0 Å². The Labute approximate surface area is 108 Å². The number of anilines is 1. The highest BCUT2D eigenvalue weighted by atomic mass is 35.5. The van der Waals surface area contributed by atoms with Gasteiger partial charge in [0.25, 0.3) is 0 Å². The molecule has 0 saturated heterocycles. The van der Waals surface area contributed by atoms with Gasteiger partial charge in [-0.05, 0) is 40.6 Å². The Bertz CT molecular complexity index is 525. The molecule has 0 radical (unpaired) electrons. The summed E-state index contributed by atoms with van der Waals surface area (Å²) in [6.45, 7) is 0.712. The predicted molar refractivity (Wildman–Crippen MR) is 71.6 cm³/mol. The molecule has 17 heavy (non-hydrogen) atoms. The number of nitrogens with one attached hydrogen (secondary N) is 1. The molecule has 0 bridgehead atoms.